The Bertz CT molecular complexity index is 785. The van der Waals surface area contributed by atoms with Crippen molar-refractivity contribution in [3.05, 3.63) is 53.3 Å². The summed E-state index contributed by atoms with van der Waals surface area (Å²) >= 11 is 1.32. The van der Waals surface area contributed by atoms with Crippen molar-refractivity contribution in [1.82, 2.24) is 15.0 Å². The lowest BCUT2D eigenvalue weighted by Gasteiger charge is -2.06. The first kappa shape index (κ1) is 13.4. The van der Waals surface area contributed by atoms with E-state index in [4.69, 9.17) is 0 Å². The van der Waals surface area contributed by atoms with Crippen LogP contribution in [-0.2, 0) is 0 Å². The largest absolute Gasteiger partial charge is 0.325 e. The lowest BCUT2D eigenvalue weighted by molar-refractivity contribution is 0.112. The number of nitrogens with one attached hydrogen (secondary N) is 1. The first-order chi connectivity index (χ1) is 10.2. The van der Waals surface area contributed by atoms with Crippen LogP contribution in [0.1, 0.15) is 15.4 Å². The molecule has 0 spiro atoms. The number of carbonyl (C=O) groups is 1. The van der Waals surface area contributed by atoms with E-state index in [0.717, 1.165) is 28.2 Å². The average Bonchev–Trinajstić information content (AvgIpc) is 2.96. The fraction of sp³-hybridized carbons (Fsp3) is 0.0667. The van der Waals surface area contributed by atoms with E-state index in [1.807, 2.05) is 37.3 Å². The number of aromatic nitrogens is 3. The Morgan fingerprint density at radius 1 is 1.19 bits per heavy atom. The number of rotatable bonds is 4. The van der Waals surface area contributed by atoms with E-state index in [1.165, 1.54) is 11.3 Å². The van der Waals surface area contributed by atoms with Gasteiger partial charge in [0.1, 0.15) is 11.6 Å². The van der Waals surface area contributed by atoms with E-state index in [-0.39, 0.29) is 0 Å². The zero-order valence-corrected chi connectivity index (χ0v) is 12.1. The highest BCUT2D eigenvalue weighted by Gasteiger charge is 2.06. The van der Waals surface area contributed by atoms with Gasteiger partial charge in [-0.15, -0.1) is 11.3 Å². The van der Waals surface area contributed by atoms with Gasteiger partial charge in [0.25, 0.3) is 0 Å². The average molecular weight is 296 g/mol. The van der Waals surface area contributed by atoms with Crippen molar-refractivity contribution < 1.29 is 4.79 Å². The maximum absolute atomic E-state index is 10.7. The Kier molecular flexibility index (Phi) is 3.70. The van der Waals surface area contributed by atoms with Gasteiger partial charge in [-0.3, -0.25) is 4.79 Å². The molecule has 0 saturated carbocycles. The molecule has 0 aromatic carbocycles. The third kappa shape index (κ3) is 3.11. The SMILES string of the molecule is Cc1ccnc(Nc2cccc(-c3cnc(C=O)s3)n2)c1. The third-order valence-corrected chi connectivity index (χ3v) is 3.74. The van der Waals surface area contributed by atoms with Crippen molar-refractivity contribution in [1.29, 1.82) is 0 Å². The van der Waals surface area contributed by atoms with Crippen LogP contribution >= 0.6 is 11.3 Å². The van der Waals surface area contributed by atoms with Crippen molar-refractivity contribution >= 4 is 29.3 Å². The molecule has 5 nitrogen and oxygen atoms in total. The zero-order chi connectivity index (χ0) is 14.7. The second-order valence-corrected chi connectivity index (χ2v) is 5.49. The molecule has 0 radical (unpaired) electrons. The van der Waals surface area contributed by atoms with Gasteiger partial charge in [-0.1, -0.05) is 6.07 Å². The summed E-state index contributed by atoms with van der Waals surface area (Å²) in [4.78, 5) is 24.3. The minimum atomic E-state index is 0.450. The number of thiazole rings is 1. The highest BCUT2D eigenvalue weighted by atomic mass is 32.1. The molecule has 3 heterocycles. The summed E-state index contributed by atoms with van der Waals surface area (Å²) < 4.78 is 0. The van der Waals surface area contributed by atoms with Crippen LogP contribution in [0.3, 0.4) is 0 Å². The number of aryl methyl sites for hydroxylation is 1. The molecular formula is C15H12N4OS. The molecule has 0 fully saturated rings. The molecule has 0 unspecified atom stereocenters. The van der Waals surface area contributed by atoms with Crippen LogP contribution in [0.2, 0.25) is 0 Å². The Labute approximate surface area is 125 Å². The molecule has 3 aromatic rings. The molecule has 0 aliphatic carbocycles. The summed E-state index contributed by atoms with van der Waals surface area (Å²) in [5.74, 6) is 1.45. The van der Waals surface area contributed by atoms with Crippen molar-refractivity contribution in [2.24, 2.45) is 0 Å². The number of hydrogen-bond donors (Lipinski definition) is 1. The number of carbonyl (C=O) groups excluding carboxylic acids is 1. The van der Waals surface area contributed by atoms with Crippen LogP contribution in [0.5, 0.6) is 0 Å². The zero-order valence-electron chi connectivity index (χ0n) is 11.3. The van der Waals surface area contributed by atoms with Gasteiger partial charge in [0.2, 0.25) is 0 Å². The van der Waals surface area contributed by atoms with E-state index < -0.39 is 0 Å². The molecular weight excluding hydrogens is 284 g/mol. The van der Waals surface area contributed by atoms with E-state index in [1.54, 1.807) is 12.4 Å². The third-order valence-electron chi connectivity index (χ3n) is 2.80. The number of anilines is 2. The van der Waals surface area contributed by atoms with Crippen molar-refractivity contribution in [2.45, 2.75) is 6.92 Å². The summed E-state index contributed by atoms with van der Waals surface area (Å²) in [5, 5.41) is 3.62. The molecule has 3 rings (SSSR count). The minimum Gasteiger partial charge on any atom is -0.325 e. The molecule has 3 aromatic heterocycles. The lowest BCUT2D eigenvalue weighted by atomic mass is 10.3. The summed E-state index contributed by atoms with van der Waals surface area (Å²) in [6, 6.07) is 9.55. The van der Waals surface area contributed by atoms with Gasteiger partial charge in [0, 0.05) is 12.4 Å². The summed E-state index contributed by atoms with van der Waals surface area (Å²) in [6.07, 6.45) is 4.15. The first-order valence-electron chi connectivity index (χ1n) is 6.33. The molecule has 0 atom stereocenters. The lowest BCUT2D eigenvalue weighted by Crippen LogP contribution is -1.96. The van der Waals surface area contributed by atoms with Crippen LogP contribution in [0.15, 0.2) is 42.7 Å². The van der Waals surface area contributed by atoms with Crippen LogP contribution in [-0.4, -0.2) is 21.2 Å². The van der Waals surface area contributed by atoms with Crippen molar-refractivity contribution in [3.63, 3.8) is 0 Å². The Morgan fingerprint density at radius 3 is 2.86 bits per heavy atom. The second kappa shape index (κ2) is 5.80. The Balaban J connectivity index is 1.87. The van der Waals surface area contributed by atoms with Crippen LogP contribution in [0.4, 0.5) is 11.6 Å². The molecule has 104 valence electrons. The van der Waals surface area contributed by atoms with Gasteiger partial charge in [0.05, 0.1) is 10.6 Å². The van der Waals surface area contributed by atoms with E-state index in [2.05, 4.69) is 20.3 Å². The first-order valence-corrected chi connectivity index (χ1v) is 7.14. The van der Waals surface area contributed by atoms with Crippen molar-refractivity contribution in [3.8, 4) is 10.6 Å². The predicted molar refractivity (Wildman–Crippen MR) is 83.0 cm³/mol. The molecule has 0 aliphatic rings. The Morgan fingerprint density at radius 2 is 2.10 bits per heavy atom. The van der Waals surface area contributed by atoms with E-state index in [0.29, 0.717) is 10.8 Å². The number of pyridine rings is 2. The second-order valence-electron chi connectivity index (χ2n) is 4.43. The highest BCUT2D eigenvalue weighted by molar-refractivity contribution is 7.16. The minimum absolute atomic E-state index is 0.450. The molecule has 0 bridgehead atoms. The van der Waals surface area contributed by atoms with E-state index in [9.17, 15) is 4.79 Å². The van der Waals surface area contributed by atoms with Crippen LogP contribution < -0.4 is 5.32 Å². The molecule has 1 N–H and O–H groups in total. The smallest absolute Gasteiger partial charge is 0.178 e. The van der Waals surface area contributed by atoms with Crippen LogP contribution in [0, 0.1) is 6.92 Å². The topological polar surface area (TPSA) is 67.8 Å². The highest BCUT2D eigenvalue weighted by Crippen LogP contribution is 2.25. The van der Waals surface area contributed by atoms with Gasteiger partial charge in [-0.2, -0.15) is 0 Å². The molecule has 0 amide bonds. The summed E-state index contributed by atoms with van der Waals surface area (Å²) in [7, 11) is 0. The van der Waals surface area contributed by atoms with Gasteiger partial charge < -0.3 is 5.32 Å². The molecule has 21 heavy (non-hydrogen) atoms. The fourth-order valence-electron chi connectivity index (χ4n) is 1.84. The van der Waals surface area contributed by atoms with Gasteiger partial charge in [0.15, 0.2) is 11.3 Å². The van der Waals surface area contributed by atoms with Crippen molar-refractivity contribution in [2.75, 3.05) is 5.32 Å². The molecule has 0 saturated heterocycles. The monoisotopic (exact) mass is 296 g/mol. The fourth-order valence-corrected chi connectivity index (χ4v) is 2.54. The standard InChI is InChI=1S/C15H12N4OS/c1-10-5-6-16-14(7-10)19-13-4-2-3-11(18-13)12-8-17-15(9-20)21-12/h2-9H,1H3,(H,16,18,19). The van der Waals surface area contributed by atoms with E-state index >= 15 is 0 Å². The Hall–Kier alpha value is -2.60. The molecule has 6 heteroatoms. The number of aldehydes is 1. The number of hydrogen-bond acceptors (Lipinski definition) is 6. The summed E-state index contributed by atoms with van der Waals surface area (Å²) in [6.45, 7) is 2.01. The quantitative estimate of drug-likeness (QED) is 0.747. The maximum atomic E-state index is 10.7. The van der Waals surface area contributed by atoms with Crippen LogP contribution in [0.25, 0.3) is 10.6 Å². The maximum Gasteiger partial charge on any atom is 0.178 e. The van der Waals surface area contributed by atoms with Gasteiger partial charge >= 0.3 is 0 Å². The predicted octanol–water partition coefficient (Wildman–Crippen LogP) is 3.46. The normalized spacial score (nSPS) is 10.3. The molecule has 0 aliphatic heterocycles. The van der Waals surface area contributed by atoms with Gasteiger partial charge in [-0.05, 0) is 36.8 Å². The summed E-state index contributed by atoms with van der Waals surface area (Å²) in [5.41, 5.74) is 1.90. The van der Waals surface area contributed by atoms with Gasteiger partial charge in [-0.25, -0.2) is 15.0 Å². The number of nitrogens with zero attached hydrogens (tertiary/aromatic N) is 3.